The van der Waals surface area contributed by atoms with E-state index in [1.54, 1.807) is 72.1 Å². The largest absolute Gasteiger partial charge is 4.00 e. The molecule has 4 aromatic carbocycles. The van der Waals surface area contributed by atoms with Crippen molar-refractivity contribution in [2.45, 2.75) is 154 Å². The Labute approximate surface area is 356 Å². The van der Waals surface area contributed by atoms with E-state index in [-0.39, 0.29) is 50.7 Å². The first-order valence-electron chi connectivity index (χ1n) is 20.1. The summed E-state index contributed by atoms with van der Waals surface area (Å²) in [6, 6.07) is 38.8. The van der Waals surface area contributed by atoms with Crippen LogP contribution in [0, 0.1) is 0 Å². The number of hydrogen-bond donors (Lipinski definition) is 0. The maximum Gasteiger partial charge on any atom is 4.00 e. The van der Waals surface area contributed by atoms with Crippen LogP contribution in [0.3, 0.4) is 0 Å². The van der Waals surface area contributed by atoms with Gasteiger partial charge in [-0.1, -0.05) is 202 Å². The fourth-order valence-electron chi connectivity index (χ4n) is 8.13. The molecule has 2 aliphatic carbocycles. The van der Waals surface area contributed by atoms with Crippen molar-refractivity contribution in [3.8, 4) is 0 Å². The van der Waals surface area contributed by atoms with Gasteiger partial charge >= 0.3 is 25.8 Å². The first-order chi connectivity index (χ1) is 23.6. The molecule has 2 atom stereocenters. The van der Waals surface area contributed by atoms with E-state index in [1.165, 1.54) is 47.1 Å². The average molecular weight is 956 g/mol. The summed E-state index contributed by atoms with van der Waals surface area (Å²) in [6.45, 7) is 18.7. The Morgan fingerprint density at radius 3 is 1.15 bits per heavy atom. The average Bonchev–Trinajstić information content (AvgIpc) is 3.86. The van der Waals surface area contributed by atoms with Crippen LogP contribution in [0.5, 0.6) is 0 Å². The summed E-state index contributed by atoms with van der Waals surface area (Å²) < 4.78 is 0. The van der Waals surface area contributed by atoms with Gasteiger partial charge in [0.25, 0.3) is 0 Å². The Morgan fingerprint density at radius 1 is 0.558 bits per heavy atom. The van der Waals surface area contributed by atoms with Gasteiger partial charge in [0.2, 0.25) is 0 Å². The Bertz CT molecular complexity index is 1360. The van der Waals surface area contributed by atoms with Gasteiger partial charge < -0.3 is 24.8 Å². The van der Waals surface area contributed by atoms with Crippen LogP contribution in [-0.2, 0) is 25.8 Å². The standard InChI is InChI=1S/2C17H23Si.C12H23Si.2ClH.Hf/c2*1-5-18(4,16-9-7-6-8-10-16)17-12-11-15(13-17)14(2)3;1-3-7-11(8-4-1)13-12-9-5-2-6-10-12;;;/h2*6-14H,5H2,1-4H3;11-13H,1-10H2;2*1H;/q2*-1;;;;+4/p-2. The maximum atomic E-state index is 2.49. The summed E-state index contributed by atoms with van der Waals surface area (Å²) in [7, 11) is -2.18. The van der Waals surface area contributed by atoms with E-state index >= 15 is 0 Å². The number of halogens is 2. The second-order valence-electron chi connectivity index (χ2n) is 16.3. The SMILES string of the molecule is C1CCC([SiH]C2CCCCC2)CC1.CC[Si](C)(c1ccccc1)c1c[cH-]c(C(C)C)c1.CC[Si](C)(c1ccccc1)c1c[cH-]c(C(C)C)c1.[Cl-].[Cl-].[Hf+4]. The molecule has 0 bridgehead atoms. The third kappa shape index (κ3) is 13.8. The van der Waals surface area contributed by atoms with E-state index in [0.29, 0.717) is 11.8 Å². The summed E-state index contributed by atoms with van der Waals surface area (Å²) in [5, 5.41) is 6.27. The minimum Gasteiger partial charge on any atom is -1.00 e. The van der Waals surface area contributed by atoms with E-state index < -0.39 is 16.1 Å². The van der Waals surface area contributed by atoms with E-state index in [1.807, 2.05) is 0 Å². The van der Waals surface area contributed by atoms with Crippen molar-refractivity contribution in [1.82, 2.24) is 0 Å². The Morgan fingerprint density at radius 2 is 0.885 bits per heavy atom. The van der Waals surface area contributed by atoms with Crippen LogP contribution in [0.25, 0.3) is 0 Å². The molecule has 2 saturated carbocycles. The van der Waals surface area contributed by atoms with Crippen molar-refractivity contribution < 1.29 is 50.7 Å². The third-order valence-corrected chi connectivity index (χ3v) is 23.9. The van der Waals surface area contributed by atoms with Crippen LogP contribution < -0.4 is 45.6 Å². The molecule has 52 heavy (non-hydrogen) atoms. The number of benzene rings is 2. The fraction of sp³-hybridized carbons (Fsp3) is 0.522. The molecule has 1 radical (unpaired) electrons. The molecule has 2 aliphatic rings. The van der Waals surface area contributed by atoms with Crippen LogP contribution in [0.1, 0.15) is 129 Å². The minimum absolute atomic E-state index is 0. The van der Waals surface area contributed by atoms with Crippen LogP contribution >= 0.6 is 0 Å². The monoisotopic (exact) mass is 955 g/mol. The number of hydrogen-bond acceptors (Lipinski definition) is 0. The molecule has 0 N–H and O–H groups in total. The molecule has 0 saturated heterocycles. The zero-order valence-corrected chi connectivity index (χ0v) is 42.1. The van der Waals surface area contributed by atoms with E-state index in [9.17, 15) is 0 Å². The second kappa shape index (κ2) is 24.7. The zero-order valence-electron chi connectivity index (χ0n) is 33.9. The summed E-state index contributed by atoms with van der Waals surface area (Å²) in [5.74, 6) is 1.26. The molecule has 0 nitrogen and oxygen atoms in total. The third-order valence-electron chi connectivity index (χ3n) is 12.2. The van der Waals surface area contributed by atoms with E-state index in [2.05, 4.69) is 152 Å². The van der Waals surface area contributed by atoms with Gasteiger partial charge in [-0.2, -0.15) is 45.8 Å². The van der Waals surface area contributed by atoms with Gasteiger partial charge in [0.15, 0.2) is 0 Å². The van der Waals surface area contributed by atoms with Crippen molar-refractivity contribution in [1.29, 1.82) is 0 Å². The first kappa shape index (κ1) is 49.3. The van der Waals surface area contributed by atoms with Crippen LogP contribution in [-0.4, -0.2) is 25.7 Å². The van der Waals surface area contributed by atoms with Crippen molar-refractivity contribution in [3.63, 3.8) is 0 Å². The Balaban J connectivity index is 0.000000384. The van der Waals surface area contributed by atoms with E-state index in [0.717, 1.165) is 9.52 Å². The Hall–Kier alpha value is -0.759. The molecule has 0 heterocycles. The maximum absolute atomic E-state index is 2.49. The van der Waals surface area contributed by atoms with Gasteiger partial charge in [0.05, 0.1) is 0 Å². The van der Waals surface area contributed by atoms with Crippen molar-refractivity contribution >= 4 is 46.4 Å². The summed E-state index contributed by atoms with van der Waals surface area (Å²) >= 11 is 0. The van der Waals surface area contributed by atoms with Gasteiger partial charge in [-0.15, -0.1) is 0 Å². The predicted octanol–water partition coefficient (Wildman–Crippen LogP) is 5.42. The van der Waals surface area contributed by atoms with Crippen molar-refractivity contribution in [3.05, 3.63) is 108 Å². The first-order valence-corrected chi connectivity index (χ1v) is 26.9. The van der Waals surface area contributed by atoms with E-state index in [4.69, 9.17) is 0 Å². The molecule has 4 aromatic rings. The molecule has 0 aromatic heterocycles. The molecule has 0 spiro atoms. The van der Waals surface area contributed by atoms with Gasteiger partial charge in [0.1, 0.15) is 0 Å². The van der Waals surface area contributed by atoms with Gasteiger partial charge in [-0.3, -0.25) is 0 Å². The zero-order chi connectivity index (χ0) is 35.3. The molecule has 2 fully saturated rings. The van der Waals surface area contributed by atoms with Gasteiger partial charge in [-0.05, 0) is 22.9 Å². The normalized spacial score (nSPS) is 17.1. The molecule has 0 aliphatic heterocycles. The second-order valence-corrected chi connectivity index (χ2v) is 27.6. The van der Waals surface area contributed by atoms with Crippen molar-refractivity contribution in [2.75, 3.05) is 0 Å². The molecule has 2 unspecified atom stereocenters. The van der Waals surface area contributed by atoms with Crippen molar-refractivity contribution in [2.24, 2.45) is 0 Å². The summed E-state index contributed by atoms with van der Waals surface area (Å²) in [5.41, 5.74) is 5.37. The quantitative estimate of drug-likeness (QED) is 0.148. The van der Waals surface area contributed by atoms with Crippen LogP contribution in [0.15, 0.2) is 97.1 Å². The smallest absolute Gasteiger partial charge is 1.00 e. The summed E-state index contributed by atoms with van der Waals surface area (Å²) in [6.07, 6.45) is 15.6. The summed E-state index contributed by atoms with van der Waals surface area (Å²) in [4.78, 5) is 0. The molecular formula is C46H69Cl2HfSi3. The minimum atomic E-state index is -1.50. The molecular weight excluding hydrogens is 886 g/mol. The predicted molar refractivity (Wildman–Crippen MR) is 229 cm³/mol. The molecule has 283 valence electrons. The molecule has 6 heteroatoms. The van der Waals surface area contributed by atoms with Gasteiger partial charge in [0, 0.05) is 25.7 Å². The van der Waals surface area contributed by atoms with Crippen LogP contribution in [0.4, 0.5) is 0 Å². The molecule has 6 rings (SSSR count). The fourth-order valence-corrected chi connectivity index (χ4v) is 16.6. The van der Waals surface area contributed by atoms with Crippen LogP contribution in [0.2, 0.25) is 36.3 Å². The Kier molecular flexibility index (Phi) is 23.4. The number of rotatable bonds is 10. The topological polar surface area (TPSA) is 0 Å². The van der Waals surface area contributed by atoms with Gasteiger partial charge in [-0.25, -0.2) is 12.1 Å². The molecule has 0 amide bonds.